The summed E-state index contributed by atoms with van der Waals surface area (Å²) in [6, 6.07) is 12.2. The third-order valence-electron chi connectivity index (χ3n) is 5.69. The number of carbonyl (C=O) groups excluding carboxylic acids is 1. The van der Waals surface area contributed by atoms with Crippen LogP contribution in [0.1, 0.15) is 51.6 Å². The molecule has 0 radical (unpaired) electrons. The van der Waals surface area contributed by atoms with Crippen molar-refractivity contribution in [1.82, 2.24) is 9.62 Å². The molecule has 1 fully saturated rings. The summed E-state index contributed by atoms with van der Waals surface area (Å²) >= 11 is 0. The molecule has 0 aliphatic carbocycles. The molecule has 0 aromatic heterocycles. The summed E-state index contributed by atoms with van der Waals surface area (Å²) in [6.45, 7) is 6.66. The van der Waals surface area contributed by atoms with Gasteiger partial charge < -0.3 is 5.32 Å². The first kappa shape index (κ1) is 24.3. The highest BCUT2D eigenvalue weighted by Gasteiger charge is 2.33. The van der Waals surface area contributed by atoms with E-state index < -0.39 is 21.7 Å². The lowest BCUT2D eigenvalue weighted by Gasteiger charge is -2.33. The molecule has 1 aliphatic rings. The number of hydrogen-bond acceptors (Lipinski definition) is 3. The first-order chi connectivity index (χ1) is 15.0. The summed E-state index contributed by atoms with van der Waals surface area (Å²) in [5.74, 6) is -2.70. The maximum absolute atomic E-state index is 13.5. The molecule has 0 saturated carbocycles. The van der Waals surface area contributed by atoms with E-state index in [1.165, 1.54) is 4.31 Å². The van der Waals surface area contributed by atoms with Crippen LogP contribution in [0.25, 0.3) is 0 Å². The number of amides is 1. The van der Waals surface area contributed by atoms with Crippen LogP contribution in [-0.2, 0) is 14.8 Å². The zero-order chi connectivity index (χ0) is 23.5. The number of sulfonamides is 1. The van der Waals surface area contributed by atoms with Crippen LogP contribution >= 0.6 is 0 Å². The summed E-state index contributed by atoms with van der Waals surface area (Å²) in [4.78, 5) is 12.7. The average Bonchev–Trinajstić information content (AvgIpc) is 2.75. The van der Waals surface area contributed by atoms with Gasteiger partial charge in [-0.3, -0.25) is 4.79 Å². The summed E-state index contributed by atoms with van der Waals surface area (Å²) in [5, 5.41) is 3.16. The van der Waals surface area contributed by atoms with Gasteiger partial charge in [0, 0.05) is 19.0 Å². The lowest BCUT2D eigenvalue weighted by molar-refractivity contribution is -0.127. The Morgan fingerprint density at radius 2 is 1.69 bits per heavy atom. The van der Waals surface area contributed by atoms with Crippen molar-refractivity contribution in [2.45, 2.75) is 51.0 Å². The lowest BCUT2D eigenvalue weighted by Crippen LogP contribution is -2.44. The first-order valence-corrected chi connectivity index (χ1v) is 12.2. The molecule has 32 heavy (non-hydrogen) atoms. The van der Waals surface area contributed by atoms with Gasteiger partial charge in [-0.2, -0.15) is 4.31 Å². The van der Waals surface area contributed by atoms with Gasteiger partial charge in [-0.15, -0.1) is 0 Å². The molecule has 0 spiro atoms. The predicted octanol–water partition coefficient (Wildman–Crippen LogP) is 4.66. The minimum absolute atomic E-state index is 0.00959. The van der Waals surface area contributed by atoms with Gasteiger partial charge in [0.1, 0.15) is 0 Å². The SMILES string of the molecule is CC(C)(C)CC(NC(=O)C1CCN(S(=O)(=O)c2ccc(F)c(F)c2)CC1)c1ccccc1. The summed E-state index contributed by atoms with van der Waals surface area (Å²) in [5.41, 5.74) is 1.05. The largest absolute Gasteiger partial charge is 0.349 e. The third-order valence-corrected chi connectivity index (χ3v) is 7.58. The molecule has 1 amide bonds. The summed E-state index contributed by atoms with van der Waals surface area (Å²) in [7, 11) is -3.95. The van der Waals surface area contributed by atoms with Gasteiger partial charge in [0.05, 0.1) is 10.9 Å². The van der Waals surface area contributed by atoms with Crippen molar-refractivity contribution in [2.75, 3.05) is 13.1 Å². The van der Waals surface area contributed by atoms with Gasteiger partial charge in [-0.1, -0.05) is 51.1 Å². The summed E-state index contributed by atoms with van der Waals surface area (Å²) < 4.78 is 53.5. The van der Waals surface area contributed by atoms with Gasteiger partial charge in [-0.05, 0) is 48.4 Å². The van der Waals surface area contributed by atoms with E-state index in [-0.39, 0.29) is 41.3 Å². The maximum atomic E-state index is 13.5. The topological polar surface area (TPSA) is 66.5 Å². The van der Waals surface area contributed by atoms with Gasteiger partial charge in [0.2, 0.25) is 15.9 Å². The Balaban J connectivity index is 1.65. The molecule has 1 N–H and O–H groups in total. The van der Waals surface area contributed by atoms with Crippen LogP contribution in [-0.4, -0.2) is 31.7 Å². The quantitative estimate of drug-likeness (QED) is 0.676. The molecule has 1 unspecified atom stereocenters. The zero-order valence-electron chi connectivity index (χ0n) is 18.6. The van der Waals surface area contributed by atoms with E-state index in [9.17, 15) is 22.0 Å². The molecule has 3 rings (SSSR count). The second kappa shape index (κ2) is 9.67. The van der Waals surface area contributed by atoms with Crippen molar-refractivity contribution in [3.8, 4) is 0 Å². The number of halogens is 2. The number of rotatable bonds is 6. The zero-order valence-corrected chi connectivity index (χ0v) is 19.5. The van der Waals surface area contributed by atoms with Gasteiger partial charge in [-0.25, -0.2) is 17.2 Å². The number of carbonyl (C=O) groups is 1. The molecule has 0 bridgehead atoms. The molecule has 1 saturated heterocycles. The standard InChI is InChI=1S/C24H30F2N2O3S/c1-24(2,3)16-22(17-7-5-4-6-8-17)27-23(29)18-11-13-28(14-12-18)32(30,31)19-9-10-20(25)21(26)15-19/h4-10,15,18,22H,11-14,16H2,1-3H3,(H,27,29). The molecule has 1 heterocycles. The van der Waals surface area contributed by atoms with E-state index in [2.05, 4.69) is 26.1 Å². The Morgan fingerprint density at radius 1 is 1.06 bits per heavy atom. The van der Waals surface area contributed by atoms with Crippen molar-refractivity contribution >= 4 is 15.9 Å². The van der Waals surface area contributed by atoms with E-state index >= 15 is 0 Å². The fourth-order valence-electron chi connectivity index (χ4n) is 3.98. The molecule has 2 aromatic rings. The molecule has 1 atom stereocenters. The second-order valence-electron chi connectivity index (χ2n) is 9.49. The Bertz CT molecular complexity index is 1040. The molecule has 174 valence electrons. The van der Waals surface area contributed by atoms with E-state index in [0.29, 0.717) is 18.9 Å². The highest BCUT2D eigenvalue weighted by Crippen LogP contribution is 2.31. The fraction of sp³-hybridized carbons (Fsp3) is 0.458. The second-order valence-corrected chi connectivity index (χ2v) is 11.4. The third kappa shape index (κ3) is 5.92. The van der Waals surface area contributed by atoms with E-state index in [4.69, 9.17) is 0 Å². The Kier molecular flexibility index (Phi) is 7.35. The van der Waals surface area contributed by atoms with Crippen LogP contribution in [0.2, 0.25) is 0 Å². The normalized spacial score (nSPS) is 17.2. The van der Waals surface area contributed by atoms with Gasteiger partial charge in [0.25, 0.3) is 0 Å². The number of hydrogen-bond donors (Lipinski definition) is 1. The Labute approximate surface area is 188 Å². The molecule has 8 heteroatoms. The highest BCUT2D eigenvalue weighted by molar-refractivity contribution is 7.89. The molecule has 5 nitrogen and oxygen atoms in total. The van der Waals surface area contributed by atoms with Crippen molar-refractivity contribution in [3.05, 3.63) is 65.7 Å². The van der Waals surface area contributed by atoms with Crippen LogP contribution in [0.3, 0.4) is 0 Å². The predicted molar refractivity (Wildman–Crippen MR) is 119 cm³/mol. The van der Waals surface area contributed by atoms with E-state index in [0.717, 1.165) is 24.1 Å². The number of nitrogens with one attached hydrogen (secondary N) is 1. The van der Waals surface area contributed by atoms with Crippen molar-refractivity contribution in [2.24, 2.45) is 11.3 Å². The van der Waals surface area contributed by atoms with Crippen LogP contribution in [0.5, 0.6) is 0 Å². The van der Waals surface area contributed by atoms with Crippen LogP contribution in [0.4, 0.5) is 8.78 Å². The number of piperidine rings is 1. The smallest absolute Gasteiger partial charge is 0.243 e. The fourth-order valence-corrected chi connectivity index (χ4v) is 5.47. The molecular weight excluding hydrogens is 434 g/mol. The minimum Gasteiger partial charge on any atom is -0.349 e. The van der Waals surface area contributed by atoms with Crippen molar-refractivity contribution in [1.29, 1.82) is 0 Å². The van der Waals surface area contributed by atoms with Crippen LogP contribution < -0.4 is 5.32 Å². The average molecular weight is 465 g/mol. The van der Waals surface area contributed by atoms with Crippen molar-refractivity contribution in [3.63, 3.8) is 0 Å². The monoisotopic (exact) mass is 464 g/mol. The number of benzene rings is 2. The summed E-state index contributed by atoms with van der Waals surface area (Å²) in [6.07, 6.45) is 1.50. The van der Waals surface area contributed by atoms with Gasteiger partial charge in [0.15, 0.2) is 11.6 Å². The lowest BCUT2D eigenvalue weighted by atomic mass is 9.85. The highest BCUT2D eigenvalue weighted by atomic mass is 32.2. The Hall–Kier alpha value is -2.32. The van der Waals surface area contributed by atoms with Crippen LogP contribution in [0, 0.1) is 23.0 Å². The van der Waals surface area contributed by atoms with Gasteiger partial charge >= 0.3 is 0 Å². The van der Waals surface area contributed by atoms with E-state index in [1.54, 1.807) is 0 Å². The van der Waals surface area contributed by atoms with E-state index in [1.807, 2.05) is 30.3 Å². The molecular formula is C24H30F2N2O3S. The van der Waals surface area contributed by atoms with Crippen molar-refractivity contribution < 1.29 is 22.0 Å². The molecule has 2 aromatic carbocycles. The number of nitrogens with zero attached hydrogens (tertiary/aromatic N) is 1. The Morgan fingerprint density at radius 3 is 2.25 bits per heavy atom. The first-order valence-electron chi connectivity index (χ1n) is 10.8. The molecule has 1 aliphatic heterocycles. The minimum atomic E-state index is -3.95. The van der Waals surface area contributed by atoms with Crippen LogP contribution in [0.15, 0.2) is 53.4 Å². The maximum Gasteiger partial charge on any atom is 0.243 e.